The van der Waals surface area contributed by atoms with E-state index in [-0.39, 0.29) is 5.92 Å². The summed E-state index contributed by atoms with van der Waals surface area (Å²) in [5, 5.41) is 6.39. The molecule has 2 rings (SSSR count). The van der Waals surface area contributed by atoms with E-state index in [4.69, 9.17) is 0 Å². The van der Waals surface area contributed by atoms with E-state index in [1.54, 1.807) is 13.2 Å². The summed E-state index contributed by atoms with van der Waals surface area (Å²) >= 11 is 0. The molecule has 1 fully saturated rings. The summed E-state index contributed by atoms with van der Waals surface area (Å²) in [5.41, 5.74) is 0.999. The number of aliphatic imine (C=N–C) groups is 1. The summed E-state index contributed by atoms with van der Waals surface area (Å²) < 4.78 is 37.2. The lowest BCUT2D eigenvalue weighted by Gasteiger charge is -2.18. The Hall–Kier alpha value is -1.83. The summed E-state index contributed by atoms with van der Waals surface area (Å²) in [6, 6.07) is 5.79. The molecule has 0 amide bonds. The zero-order valence-electron chi connectivity index (χ0n) is 13.8. The second kappa shape index (κ2) is 8.86. The molecule has 1 aliphatic heterocycles. The summed E-state index contributed by atoms with van der Waals surface area (Å²) in [6.45, 7) is 1.47. The minimum absolute atomic E-state index is 0.210. The first-order valence-corrected chi connectivity index (χ1v) is 8.10. The molecule has 1 saturated heterocycles. The van der Waals surface area contributed by atoms with Crippen molar-refractivity contribution < 1.29 is 13.2 Å². The van der Waals surface area contributed by atoms with Crippen LogP contribution in [0.15, 0.2) is 29.4 Å². The first-order valence-electron chi connectivity index (χ1n) is 8.10. The van der Waals surface area contributed by atoms with E-state index in [9.17, 15) is 13.2 Å². The maximum absolute atomic E-state index is 12.4. The summed E-state index contributed by atoms with van der Waals surface area (Å²) in [4.78, 5) is 9.85. The molecule has 1 aliphatic rings. The molecule has 1 atom stereocenters. The van der Waals surface area contributed by atoms with E-state index in [0.717, 1.165) is 18.5 Å². The van der Waals surface area contributed by atoms with Crippen LogP contribution in [0.4, 0.5) is 13.2 Å². The van der Waals surface area contributed by atoms with E-state index in [2.05, 4.69) is 20.6 Å². The molecule has 1 aromatic heterocycles. The Bertz CT molecular complexity index is 518. The van der Waals surface area contributed by atoms with Crippen LogP contribution in [-0.2, 0) is 6.42 Å². The fourth-order valence-corrected chi connectivity index (χ4v) is 2.79. The van der Waals surface area contributed by atoms with Gasteiger partial charge in [-0.3, -0.25) is 14.9 Å². The number of nitrogens with zero attached hydrogens (tertiary/aromatic N) is 3. The third-order valence-corrected chi connectivity index (χ3v) is 3.95. The summed E-state index contributed by atoms with van der Waals surface area (Å²) in [6.07, 6.45) is -0.807. The van der Waals surface area contributed by atoms with Crippen molar-refractivity contribution in [2.24, 2.45) is 10.9 Å². The third kappa shape index (κ3) is 6.74. The second-order valence-corrected chi connectivity index (χ2v) is 5.96. The van der Waals surface area contributed by atoms with Gasteiger partial charge in [0.2, 0.25) is 0 Å². The number of likely N-dealkylation sites (tertiary alicyclic amines) is 1. The van der Waals surface area contributed by atoms with Gasteiger partial charge in [0.25, 0.3) is 0 Å². The molecule has 0 radical (unpaired) electrons. The quantitative estimate of drug-likeness (QED) is 0.609. The molecule has 0 aliphatic carbocycles. The second-order valence-electron chi connectivity index (χ2n) is 5.96. The summed E-state index contributed by atoms with van der Waals surface area (Å²) in [5.74, 6) is 0.877. The van der Waals surface area contributed by atoms with Gasteiger partial charge >= 0.3 is 6.18 Å². The predicted octanol–water partition coefficient (Wildman–Crippen LogP) is 1.67. The van der Waals surface area contributed by atoms with Gasteiger partial charge in [0.05, 0.1) is 6.54 Å². The monoisotopic (exact) mass is 343 g/mol. The number of guanidine groups is 1. The van der Waals surface area contributed by atoms with Crippen LogP contribution in [0.1, 0.15) is 12.1 Å². The van der Waals surface area contributed by atoms with E-state index in [1.807, 2.05) is 18.2 Å². The van der Waals surface area contributed by atoms with E-state index in [1.165, 1.54) is 4.90 Å². The van der Waals surface area contributed by atoms with Gasteiger partial charge in [-0.2, -0.15) is 13.2 Å². The molecule has 1 aromatic rings. The van der Waals surface area contributed by atoms with Gasteiger partial charge in [0.15, 0.2) is 5.96 Å². The van der Waals surface area contributed by atoms with Gasteiger partial charge in [-0.25, -0.2) is 0 Å². The number of pyridine rings is 1. The highest BCUT2D eigenvalue weighted by molar-refractivity contribution is 5.79. The average Bonchev–Trinajstić information content (AvgIpc) is 2.97. The molecule has 0 saturated carbocycles. The van der Waals surface area contributed by atoms with Crippen molar-refractivity contribution >= 4 is 5.96 Å². The standard InChI is InChI=1S/C16H24F3N5/c1-20-15(22-8-5-14-4-2-3-7-21-14)23-10-13-6-9-24(11-13)12-16(17,18)19/h2-4,7,13H,5-6,8-12H2,1H3,(H2,20,22,23). The van der Waals surface area contributed by atoms with Crippen LogP contribution < -0.4 is 10.6 Å². The van der Waals surface area contributed by atoms with Crippen molar-refractivity contribution in [3.63, 3.8) is 0 Å². The van der Waals surface area contributed by atoms with E-state index >= 15 is 0 Å². The smallest absolute Gasteiger partial charge is 0.356 e. The minimum Gasteiger partial charge on any atom is -0.356 e. The van der Waals surface area contributed by atoms with Gasteiger partial charge in [-0.1, -0.05) is 6.07 Å². The van der Waals surface area contributed by atoms with Gasteiger partial charge in [-0.05, 0) is 31.0 Å². The van der Waals surface area contributed by atoms with Crippen LogP contribution in [0.2, 0.25) is 0 Å². The fourth-order valence-electron chi connectivity index (χ4n) is 2.79. The minimum atomic E-state index is -4.12. The SMILES string of the molecule is CN=C(NCCc1ccccn1)NCC1CCN(CC(F)(F)F)C1. The van der Waals surface area contributed by atoms with Gasteiger partial charge in [-0.15, -0.1) is 0 Å². The topological polar surface area (TPSA) is 52.6 Å². The van der Waals surface area contributed by atoms with Crippen LogP contribution >= 0.6 is 0 Å². The largest absolute Gasteiger partial charge is 0.401 e. The Balaban J connectivity index is 1.65. The molecule has 2 N–H and O–H groups in total. The van der Waals surface area contributed by atoms with Crippen LogP contribution in [0.3, 0.4) is 0 Å². The Labute approximate surface area is 140 Å². The molecule has 0 spiro atoms. The van der Waals surface area contributed by atoms with Crippen LogP contribution in [0, 0.1) is 5.92 Å². The van der Waals surface area contributed by atoms with E-state index in [0.29, 0.717) is 32.1 Å². The van der Waals surface area contributed by atoms with Gasteiger partial charge < -0.3 is 10.6 Å². The van der Waals surface area contributed by atoms with Crippen molar-refractivity contribution in [1.29, 1.82) is 0 Å². The fraction of sp³-hybridized carbons (Fsp3) is 0.625. The zero-order chi connectivity index (χ0) is 17.4. The molecular weight excluding hydrogens is 319 g/mol. The Morgan fingerprint density at radius 1 is 1.38 bits per heavy atom. The molecule has 0 bridgehead atoms. The molecule has 0 aromatic carbocycles. The molecule has 24 heavy (non-hydrogen) atoms. The highest BCUT2D eigenvalue weighted by Crippen LogP contribution is 2.22. The molecule has 1 unspecified atom stereocenters. The third-order valence-electron chi connectivity index (χ3n) is 3.95. The number of aromatic nitrogens is 1. The van der Waals surface area contributed by atoms with Crippen LogP contribution in [0.25, 0.3) is 0 Å². The first-order chi connectivity index (χ1) is 11.5. The Kier molecular flexibility index (Phi) is 6.84. The van der Waals surface area contributed by atoms with Crippen molar-refractivity contribution in [2.75, 3.05) is 39.8 Å². The van der Waals surface area contributed by atoms with Crippen molar-refractivity contribution in [2.45, 2.75) is 19.0 Å². The molecular formula is C16H24F3N5. The van der Waals surface area contributed by atoms with Crippen molar-refractivity contribution in [3.05, 3.63) is 30.1 Å². The lowest BCUT2D eigenvalue weighted by Crippen LogP contribution is -2.41. The summed E-state index contributed by atoms with van der Waals surface area (Å²) in [7, 11) is 1.68. The zero-order valence-corrected chi connectivity index (χ0v) is 13.8. The average molecular weight is 343 g/mol. The van der Waals surface area contributed by atoms with Gasteiger partial charge in [0, 0.05) is 45.0 Å². The normalized spacial score (nSPS) is 19.5. The van der Waals surface area contributed by atoms with Crippen molar-refractivity contribution in [3.8, 4) is 0 Å². The Morgan fingerprint density at radius 2 is 2.21 bits per heavy atom. The molecule has 2 heterocycles. The highest BCUT2D eigenvalue weighted by atomic mass is 19.4. The maximum atomic E-state index is 12.4. The Morgan fingerprint density at radius 3 is 2.88 bits per heavy atom. The number of rotatable bonds is 6. The van der Waals surface area contributed by atoms with Crippen LogP contribution in [0.5, 0.6) is 0 Å². The predicted molar refractivity (Wildman–Crippen MR) is 87.9 cm³/mol. The molecule has 134 valence electrons. The maximum Gasteiger partial charge on any atom is 0.401 e. The lowest BCUT2D eigenvalue weighted by molar-refractivity contribution is -0.143. The van der Waals surface area contributed by atoms with Crippen LogP contribution in [-0.4, -0.2) is 61.8 Å². The van der Waals surface area contributed by atoms with E-state index < -0.39 is 12.7 Å². The first kappa shape index (κ1) is 18.5. The number of nitrogens with one attached hydrogen (secondary N) is 2. The van der Waals surface area contributed by atoms with Crippen molar-refractivity contribution in [1.82, 2.24) is 20.5 Å². The number of hydrogen-bond acceptors (Lipinski definition) is 3. The number of hydrogen-bond donors (Lipinski definition) is 2. The molecule has 5 nitrogen and oxygen atoms in total. The number of alkyl halides is 3. The lowest BCUT2D eigenvalue weighted by atomic mass is 10.1. The molecule has 8 heteroatoms. The number of halogens is 3. The highest BCUT2D eigenvalue weighted by Gasteiger charge is 2.34. The van der Waals surface area contributed by atoms with Gasteiger partial charge in [0.1, 0.15) is 0 Å².